The van der Waals surface area contributed by atoms with Gasteiger partial charge in [0.2, 0.25) is 0 Å². The molecule has 4 heterocycles. The Balaban J connectivity index is 1.32. The van der Waals surface area contributed by atoms with Crippen molar-refractivity contribution in [3.05, 3.63) is 92.5 Å². The lowest BCUT2D eigenvalue weighted by Gasteiger charge is -2.27. The summed E-state index contributed by atoms with van der Waals surface area (Å²) in [4.78, 5) is 22.0. The third kappa shape index (κ3) is 5.99. The molecule has 8 nitrogen and oxygen atoms in total. The van der Waals surface area contributed by atoms with Crippen LogP contribution in [0.3, 0.4) is 0 Å². The van der Waals surface area contributed by atoms with Gasteiger partial charge < -0.3 is 19.1 Å². The maximum atomic E-state index is 15.5. The molecule has 1 saturated heterocycles. The maximum Gasteiger partial charge on any atom is 0.427 e. The van der Waals surface area contributed by atoms with Gasteiger partial charge in [-0.2, -0.15) is 13.2 Å². The molecule has 0 amide bonds. The van der Waals surface area contributed by atoms with Crippen molar-refractivity contribution >= 4 is 28.3 Å². The molecular weight excluding hydrogens is 652 g/mol. The minimum Gasteiger partial charge on any atom is -0.478 e. The van der Waals surface area contributed by atoms with Crippen molar-refractivity contribution < 1.29 is 54.5 Å². The zero-order valence-electron chi connectivity index (χ0n) is 23.0. The zero-order chi connectivity index (χ0) is 32.9. The van der Waals surface area contributed by atoms with Crippen LogP contribution in [-0.4, -0.2) is 43.3 Å². The number of alkyl halides is 3. The van der Waals surface area contributed by atoms with Crippen molar-refractivity contribution in [2.24, 2.45) is 0 Å². The molecule has 1 fully saturated rings. The lowest BCUT2D eigenvalue weighted by atomic mass is 10.0. The Morgan fingerprint density at radius 2 is 1.80 bits per heavy atom. The number of carbonyl (C=O) groups is 1. The predicted octanol–water partition coefficient (Wildman–Crippen LogP) is 6.93. The van der Waals surface area contributed by atoms with E-state index in [0.717, 1.165) is 24.3 Å². The number of halogens is 8. The summed E-state index contributed by atoms with van der Waals surface area (Å²) in [6.45, 7) is -0.121. The van der Waals surface area contributed by atoms with E-state index in [1.54, 1.807) is 0 Å². The molecule has 46 heavy (non-hydrogen) atoms. The van der Waals surface area contributed by atoms with Crippen LogP contribution in [0.1, 0.15) is 38.1 Å². The summed E-state index contributed by atoms with van der Waals surface area (Å²) in [6.07, 6.45) is -4.48. The number of aromatic carboxylic acids is 1. The van der Waals surface area contributed by atoms with E-state index in [1.165, 1.54) is 4.57 Å². The monoisotopic (exact) mass is 670 g/mol. The molecule has 0 radical (unpaired) electrons. The topological polar surface area (TPSA) is 99.4 Å². The van der Waals surface area contributed by atoms with Crippen molar-refractivity contribution in [2.45, 2.75) is 38.3 Å². The summed E-state index contributed by atoms with van der Waals surface area (Å²) in [7, 11) is 0. The number of fused-ring (bicyclic) bond motifs is 1. The minimum absolute atomic E-state index is 0.0382. The predicted molar refractivity (Wildman–Crippen MR) is 145 cm³/mol. The van der Waals surface area contributed by atoms with E-state index in [1.807, 2.05) is 0 Å². The second-order valence-electron chi connectivity index (χ2n) is 10.1. The summed E-state index contributed by atoms with van der Waals surface area (Å²) < 4.78 is 126. The van der Waals surface area contributed by atoms with Gasteiger partial charge in [0.15, 0.2) is 23.3 Å². The molecule has 1 aliphatic heterocycles. The van der Waals surface area contributed by atoms with Crippen LogP contribution >= 0.6 is 11.3 Å². The van der Waals surface area contributed by atoms with Crippen LogP contribution in [0.4, 0.5) is 35.1 Å². The highest BCUT2D eigenvalue weighted by Gasteiger charge is 2.33. The minimum atomic E-state index is -4.64. The van der Waals surface area contributed by atoms with Crippen molar-refractivity contribution in [3.8, 4) is 17.1 Å². The summed E-state index contributed by atoms with van der Waals surface area (Å²) >= 11 is 0.255. The van der Waals surface area contributed by atoms with E-state index >= 15 is 13.2 Å². The van der Waals surface area contributed by atoms with Crippen LogP contribution < -0.4 is 4.74 Å². The van der Waals surface area contributed by atoms with Crippen LogP contribution in [-0.2, 0) is 30.5 Å². The Hall–Kier alpha value is -4.64. The third-order valence-electron chi connectivity index (χ3n) is 7.16. The molecule has 1 N–H and O–H groups in total. The molecule has 0 bridgehead atoms. The van der Waals surface area contributed by atoms with Gasteiger partial charge >= 0.3 is 12.1 Å². The van der Waals surface area contributed by atoms with Gasteiger partial charge in [-0.05, 0) is 36.8 Å². The van der Waals surface area contributed by atoms with Gasteiger partial charge in [0.05, 0.1) is 35.6 Å². The van der Waals surface area contributed by atoms with Gasteiger partial charge in [-0.3, -0.25) is 0 Å². The SMILES string of the molecule is O=C(O)c1cc(F)c2nc(Cc3c(F)cc(-c4ccc(F)c(OCc5ncc(C(F)(F)F)s5)n4)c(F)c3F)n(CC3CCO3)c2c1. The van der Waals surface area contributed by atoms with E-state index in [-0.39, 0.29) is 51.4 Å². The number of carboxylic acids is 1. The number of imidazole rings is 1. The number of rotatable bonds is 9. The molecule has 5 aromatic rings. The Morgan fingerprint density at radius 3 is 2.46 bits per heavy atom. The Labute approximate surface area is 256 Å². The summed E-state index contributed by atoms with van der Waals surface area (Å²) in [5, 5.41) is 9.20. The number of thiazole rings is 1. The molecule has 1 unspecified atom stereocenters. The molecule has 2 aromatic carbocycles. The van der Waals surface area contributed by atoms with E-state index in [0.29, 0.717) is 25.3 Å². The number of nitrogens with zero attached hydrogens (tertiary/aromatic N) is 4. The number of pyridine rings is 1. The maximum absolute atomic E-state index is 15.5. The lowest BCUT2D eigenvalue weighted by molar-refractivity contribution is -0.134. The molecule has 0 aliphatic carbocycles. The van der Waals surface area contributed by atoms with Gasteiger partial charge in [-0.1, -0.05) is 0 Å². The van der Waals surface area contributed by atoms with Gasteiger partial charge in [0, 0.05) is 24.2 Å². The van der Waals surface area contributed by atoms with Crippen LogP contribution in [0, 0.1) is 29.1 Å². The van der Waals surface area contributed by atoms with Gasteiger partial charge in [0.25, 0.3) is 5.88 Å². The standard InChI is InChI=1S/C29H18F8N4O4S/c30-16-1-2-19(39-27(16)45-11-23-38-9-21(46-23)29(35,36)37)15-7-17(31)14(24(33)25(15)34)8-22-40-26-18(32)5-12(28(42)43)6-20(26)41(22)10-13-3-4-44-13/h1-2,5-7,9,13H,3-4,8,10-11H2,(H,42,43). The Kier molecular flexibility index (Phi) is 8.14. The van der Waals surface area contributed by atoms with Crippen LogP contribution in [0.5, 0.6) is 5.88 Å². The van der Waals surface area contributed by atoms with Crippen LogP contribution in [0.2, 0.25) is 0 Å². The van der Waals surface area contributed by atoms with E-state index in [2.05, 4.69) is 15.0 Å². The van der Waals surface area contributed by atoms with Gasteiger partial charge in [-0.25, -0.2) is 41.7 Å². The highest BCUT2D eigenvalue weighted by molar-refractivity contribution is 7.11. The summed E-state index contributed by atoms with van der Waals surface area (Å²) in [6, 6.07) is 4.22. The van der Waals surface area contributed by atoms with Crippen molar-refractivity contribution in [3.63, 3.8) is 0 Å². The van der Waals surface area contributed by atoms with Crippen molar-refractivity contribution in [1.82, 2.24) is 19.5 Å². The Morgan fingerprint density at radius 1 is 1.04 bits per heavy atom. The second kappa shape index (κ2) is 11.9. The molecule has 1 aliphatic rings. The number of ether oxygens (including phenoxy) is 2. The third-order valence-corrected chi connectivity index (χ3v) is 8.17. The van der Waals surface area contributed by atoms with E-state index < -0.39 is 81.8 Å². The largest absolute Gasteiger partial charge is 0.478 e. The average Bonchev–Trinajstić information content (AvgIpc) is 3.60. The van der Waals surface area contributed by atoms with E-state index in [4.69, 9.17) is 9.47 Å². The number of benzene rings is 2. The van der Waals surface area contributed by atoms with Crippen LogP contribution in [0.25, 0.3) is 22.3 Å². The van der Waals surface area contributed by atoms with E-state index in [9.17, 15) is 31.9 Å². The summed E-state index contributed by atoms with van der Waals surface area (Å²) in [5.74, 6) is -8.81. The smallest absolute Gasteiger partial charge is 0.427 e. The fourth-order valence-electron chi connectivity index (χ4n) is 4.78. The first-order valence-corrected chi connectivity index (χ1v) is 14.1. The normalized spacial score (nSPS) is 14.9. The highest BCUT2D eigenvalue weighted by Crippen LogP contribution is 2.35. The molecule has 0 spiro atoms. The first-order valence-electron chi connectivity index (χ1n) is 13.3. The summed E-state index contributed by atoms with van der Waals surface area (Å²) in [5.41, 5.74) is -2.55. The average molecular weight is 671 g/mol. The lowest BCUT2D eigenvalue weighted by Crippen LogP contribution is -2.31. The number of carboxylic acid groups (broad SMARTS) is 1. The molecule has 0 saturated carbocycles. The quantitative estimate of drug-likeness (QED) is 0.134. The number of hydrogen-bond acceptors (Lipinski definition) is 7. The highest BCUT2D eigenvalue weighted by atomic mass is 32.1. The second-order valence-corrected chi connectivity index (χ2v) is 11.2. The molecular formula is C29H18F8N4O4S. The molecule has 240 valence electrons. The van der Waals surface area contributed by atoms with Gasteiger partial charge in [0.1, 0.15) is 33.6 Å². The van der Waals surface area contributed by atoms with Crippen molar-refractivity contribution in [2.75, 3.05) is 6.61 Å². The molecule has 3 aromatic heterocycles. The fourth-order valence-corrected chi connectivity index (χ4v) is 5.47. The fraction of sp³-hybridized carbons (Fsp3) is 0.241. The van der Waals surface area contributed by atoms with Crippen molar-refractivity contribution in [1.29, 1.82) is 0 Å². The number of hydrogen-bond donors (Lipinski definition) is 1. The molecule has 1 atom stereocenters. The molecule has 17 heteroatoms. The first-order chi connectivity index (χ1) is 21.8. The zero-order valence-corrected chi connectivity index (χ0v) is 23.8. The molecule has 6 rings (SSSR count). The van der Waals surface area contributed by atoms with Gasteiger partial charge in [-0.15, -0.1) is 11.3 Å². The number of aromatic nitrogens is 4. The first kappa shape index (κ1) is 31.3. The van der Waals surface area contributed by atoms with Crippen LogP contribution in [0.15, 0.2) is 36.5 Å². The Bertz CT molecular complexity index is 1990.